The summed E-state index contributed by atoms with van der Waals surface area (Å²) in [6.07, 6.45) is 0.948. The number of nitrogens with one attached hydrogen (secondary N) is 1. The molecule has 31 heavy (non-hydrogen) atoms. The van der Waals surface area contributed by atoms with Crippen molar-refractivity contribution in [2.45, 2.75) is 13.0 Å². The number of carboxylic acid groups (broad SMARTS) is 1. The Labute approximate surface area is 174 Å². The van der Waals surface area contributed by atoms with Crippen LogP contribution in [0, 0.1) is 24.4 Å². The van der Waals surface area contributed by atoms with Crippen LogP contribution >= 0.6 is 0 Å². The first kappa shape index (κ1) is 20.7. The van der Waals surface area contributed by atoms with Crippen LogP contribution in [-0.4, -0.2) is 41.8 Å². The third-order valence-electron chi connectivity index (χ3n) is 5.61. The number of pyridine rings is 1. The molecule has 7 nitrogen and oxygen atoms in total. The summed E-state index contributed by atoms with van der Waals surface area (Å²) in [5.41, 5.74) is 4.05. The Morgan fingerprint density at radius 2 is 1.84 bits per heavy atom. The second kappa shape index (κ2) is 7.31. The van der Waals surface area contributed by atoms with Gasteiger partial charge in [-0.1, -0.05) is 0 Å². The average molecular weight is 432 g/mol. The Morgan fingerprint density at radius 3 is 2.45 bits per heavy atom. The highest BCUT2D eigenvalue weighted by atomic mass is 19.1. The molecule has 3 aromatic rings. The van der Waals surface area contributed by atoms with Gasteiger partial charge < -0.3 is 25.6 Å². The second-order valence-electron chi connectivity index (χ2n) is 7.49. The van der Waals surface area contributed by atoms with Gasteiger partial charge in [0.05, 0.1) is 28.0 Å². The number of anilines is 2. The Bertz CT molecular complexity index is 1300. The number of nitrogens with zero attached hydrogens (tertiary/aromatic N) is 2. The number of likely N-dealkylation sites (N-methyl/N-ethyl adjacent to an activating group) is 1. The molecular weight excluding hydrogens is 413 g/mol. The number of rotatable bonds is 4. The lowest BCUT2D eigenvalue weighted by Crippen LogP contribution is -2.57. The highest BCUT2D eigenvalue weighted by molar-refractivity contribution is 5.96. The van der Waals surface area contributed by atoms with Crippen molar-refractivity contribution in [2.24, 2.45) is 0 Å². The lowest BCUT2D eigenvalue weighted by Gasteiger charge is -2.42. The second-order valence-corrected chi connectivity index (χ2v) is 7.49. The third kappa shape index (κ3) is 3.19. The van der Waals surface area contributed by atoms with Crippen molar-refractivity contribution in [3.63, 3.8) is 0 Å². The normalized spacial score (nSPS) is 14.2. The zero-order chi connectivity index (χ0) is 22.6. The van der Waals surface area contributed by atoms with Crippen molar-refractivity contribution in [3.05, 3.63) is 63.2 Å². The highest BCUT2D eigenvalue weighted by Crippen LogP contribution is 2.35. The van der Waals surface area contributed by atoms with Crippen molar-refractivity contribution in [2.75, 3.05) is 30.8 Å². The maximum Gasteiger partial charge on any atom is 0.341 e. The van der Waals surface area contributed by atoms with Gasteiger partial charge in [-0.25, -0.2) is 18.0 Å². The fourth-order valence-electron chi connectivity index (χ4n) is 3.95. The van der Waals surface area contributed by atoms with Crippen LogP contribution in [0.5, 0.6) is 0 Å². The van der Waals surface area contributed by atoms with E-state index in [1.807, 2.05) is 0 Å². The van der Waals surface area contributed by atoms with Crippen molar-refractivity contribution in [1.82, 2.24) is 9.88 Å². The minimum atomic E-state index is -1.56. The predicted octanol–water partition coefficient (Wildman–Crippen LogP) is 2.40. The Morgan fingerprint density at radius 1 is 1.16 bits per heavy atom. The van der Waals surface area contributed by atoms with Crippen LogP contribution < -0.4 is 21.4 Å². The van der Waals surface area contributed by atoms with Crippen LogP contribution in [0.2, 0.25) is 0 Å². The van der Waals surface area contributed by atoms with Crippen LogP contribution in [0.3, 0.4) is 0 Å². The van der Waals surface area contributed by atoms with E-state index in [1.165, 1.54) is 0 Å². The molecule has 0 bridgehead atoms. The number of fused-ring (bicyclic) bond motifs is 1. The molecule has 2 heterocycles. The molecule has 1 aliphatic heterocycles. The summed E-state index contributed by atoms with van der Waals surface area (Å²) in [7, 11) is 1.79. The maximum absolute atomic E-state index is 15.0. The van der Waals surface area contributed by atoms with Gasteiger partial charge in [-0.3, -0.25) is 4.79 Å². The Kier molecular flexibility index (Phi) is 4.89. The molecule has 2 aromatic carbocycles. The largest absolute Gasteiger partial charge is 0.477 e. The van der Waals surface area contributed by atoms with Crippen LogP contribution in [-0.2, 0) is 0 Å². The number of aromatic carboxylic acids is 1. The molecule has 1 fully saturated rings. The lowest BCUT2D eigenvalue weighted by molar-refractivity contribution is 0.0695. The van der Waals surface area contributed by atoms with E-state index in [4.69, 9.17) is 5.73 Å². The molecule has 162 valence electrons. The van der Waals surface area contributed by atoms with Crippen LogP contribution in [0.1, 0.15) is 15.9 Å². The SMILES string of the molecule is CNC1CN(c2c(F)cc3c(=O)c(C(=O)O)cn(-c4cc(N)c(F)cc4F)c3c2C)C1. The Hall–Kier alpha value is -3.53. The number of benzene rings is 2. The fraction of sp³-hybridized carbons (Fsp3) is 0.238. The van der Waals surface area contributed by atoms with E-state index >= 15 is 4.39 Å². The zero-order valence-electron chi connectivity index (χ0n) is 16.7. The summed E-state index contributed by atoms with van der Waals surface area (Å²) in [4.78, 5) is 26.2. The van der Waals surface area contributed by atoms with Gasteiger partial charge in [0.15, 0.2) is 0 Å². The third-order valence-corrected chi connectivity index (χ3v) is 5.61. The van der Waals surface area contributed by atoms with Crippen LogP contribution in [0.4, 0.5) is 24.5 Å². The first-order valence-electron chi connectivity index (χ1n) is 9.42. The standard InChI is InChI=1S/C21H19F3N4O3/c1-9-18-11(3-15(24)19(9)27-6-10(7-27)26-2)20(29)12(21(30)31)8-28(18)17-5-16(25)13(22)4-14(17)23/h3-5,8,10,26H,6-7,25H2,1-2H3,(H,30,31). The molecule has 0 aliphatic carbocycles. The molecule has 0 radical (unpaired) electrons. The Balaban J connectivity index is 2.09. The van der Waals surface area contributed by atoms with Crippen LogP contribution in [0.15, 0.2) is 29.2 Å². The first-order valence-corrected chi connectivity index (χ1v) is 9.42. The number of aryl methyl sites for hydroxylation is 1. The molecule has 1 aliphatic rings. The molecule has 10 heteroatoms. The zero-order valence-corrected chi connectivity index (χ0v) is 16.7. The summed E-state index contributed by atoms with van der Waals surface area (Å²) in [6, 6.07) is 2.70. The molecule has 0 saturated carbocycles. The molecule has 0 amide bonds. The summed E-state index contributed by atoms with van der Waals surface area (Å²) >= 11 is 0. The molecule has 0 atom stereocenters. The fourth-order valence-corrected chi connectivity index (χ4v) is 3.95. The van der Waals surface area contributed by atoms with Gasteiger partial charge in [-0.05, 0) is 26.1 Å². The van der Waals surface area contributed by atoms with E-state index in [2.05, 4.69) is 5.32 Å². The molecule has 1 saturated heterocycles. The number of hydrogen-bond acceptors (Lipinski definition) is 5. The van der Waals surface area contributed by atoms with Crippen molar-refractivity contribution in [1.29, 1.82) is 0 Å². The first-order chi connectivity index (χ1) is 14.6. The lowest BCUT2D eigenvalue weighted by atomic mass is 10.0. The number of carbonyl (C=O) groups is 1. The van der Waals surface area contributed by atoms with E-state index in [-0.39, 0.29) is 34.0 Å². The maximum atomic E-state index is 15.0. The van der Waals surface area contributed by atoms with Gasteiger partial charge >= 0.3 is 5.97 Å². The van der Waals surface area contributed by atoms with Gasteiger partial charge in [0.1, 0.15) is 23.0 Å². The number of carboxylic acids is 1. The molecule has 0 spiro atoms. The number of aromatic nitrogens is 1. The van der Waals surface area contributed by atoms with Gasteiger partial charge in [0.2, 0.25) is 5.43 Å². The molecular formula is C21H19F3N4O3. The topological polar surface area (TPSA) is 101 Å². The number of nitrogen functional groups attached to an aromatic ring is 1. The molecule has 0 unspecified atom stereocenters. The quantitative estimate of drug-likeness (QED) is 0.548. The number of hydrogen-bond donors (Lipinski definition) is 3. The van der Waals surface area contributed by atoms with E-state index in [9.17, 15) is 23.5 Å². The number of nitrogens with two attached hydrogens (primary N) is 1. The van der Waals surface area contributed by atoms with Crippen molar-refractivity contribution in [3.8, 4) is 5.69 Å². The predicted molar refractivity (Wildman–Crippen MR) is 111 cm³/mol. The molecule has 1 aromatic heterocycles. The summed E-state index contributed by atoms with van der Waals surface area (Å²) in [5.74, 6) is -4.24. The van der Waals surface area contributed by atoms with Crippen LogP contribution in [0.25, 0.3) is 16.6 Å². The van der Waals surface area contributed by atoms with Gasteiger partial charge in [0, 0.05) is 37.0 Å². The monoisotopic (exact) mass is 432 g/mol. The summed E-state index contributed by atoms with van der Waals surface area (Å²) < 4.78 is 44.5. The summed E-state index contributed by atoms with van der Waals surface area (Å²) in [6.45, 7) is 2.61. The van der Waals surface area contributed by atoms with Crippen molar-refractivity contribution >= 4 is 28.2 Å². The van der Waals surface area contributed by atoms with Gasteiger partial charge in [0.25, 0.3) is 0 Å². The molecule has 4 rings (SSSR count). The minimum Gasteiger partial charge on any atom is -0.477 e. The van der Waals surface area contributed by atoms with E-state index in [1.54, 1.807) is 18.9 Å². The van der Waals surface area contributed by atoms with E-state index < -0.39 is 34.4 Å². The highest BCUT2D eigenvalue weighted by Gasteiger charge is 2.31. The van der Waals surface area contributed by atoms with Gasteiger partial charge in [-0.15, -0.1) is 0 Å². The average Bonchev–Trinajstić information content (AvgIpc) is 2.67. The smallest absolute Gasteiger partial charge is 0.341 e. The van der Waals surface area contributed by atoms with E-state index in [0.717, 1.165) is 22.9 Å². The molecule has 4 N–H and O–H groups in total. The van der Waals surface area contributed by atoms with E-state index in [0.29, 0.717) is 24.7 Å². The summed E-state index contributed by atoms with van der Waals surface area (Å²) in [5, 5.41) is 12.3. The number of halogens is 3. The minimum absolute atomic E-state index is 0.115. The van der Waals surface area contributed by atoms with Gasteiger partial charge in [-0.2, -0.15) is 0 Å². The van der Waals surface area contributed by atoms with Crippen molar-refractivity contribution < 1.29 is 23.1 Å².